The van der Waals surface area contributed by atoms with Crippen molar-refractivity contribution in [2.45, 2.75) is 57.1 Å². The molecule has 0 heterocycles. The number of benzene rings is 4. The van der Waals surface area contributed by atoms with Crippen molar-refractivity contribution in [3.8, 4) is 5.75 Å². The second-order valence-electron chi connectivity index (χ2n) is 10.9. The van der Waals surface area contributed by atoms with Crippen molar-refractivity contribution < 1.29 is 22.7 Å². The molecule has 0 fully saturated rings. The number of sulfonamides is 1. The number of nitrogens with zero attached hydrogens (tertiary/aromatic N) is 2. The normalized spacial score (nSPS) is 12.5. The van der Waals surface area contributed by atoms with E-state index in [9.17, 15) is 18.0 Å². The third-order valence-electron chi connectivity index (χ3n) is 7.56. The number of ether oxygens (including phenoxy) is 1. The molecule has 4 aromatic carbocycles. The summed E-state index contributed by atoms with van der Waals surface area (Å²) in [6.45, 7) is 5.41. The summed E-state index contributed by atoms with van der Waals surface area (Å²) in [7, 11) is -4.25. The zero-order chi connectivity index (χ0) is 33.1. The SMILES string of the molecule is CCOc1ccccc1N(CC(=O)N(Cc1cccc(Cl)c1)[C@H](Cc1ccccc1)C(=O)N[C@H](C)CC)S(=O)(=O)c1ccccc1. The van der Waals surface area contributed by atoms with Gasteiger partial charge in [0.1, 0.15) is 18.3 Å². The number of hydrogen-bond donors (Lipinski definition) is 1. The van der Waals surface area contributed by atoms with Gasteiger partial charge < -0.3 is 15.0 Å². The van der Waals surface area contributed by atoms with E-state index in [0.29, 0.717) is 29.4 Å². The molecule has 0 saturated heterocycles. The average molecular weight is 662 g/mol. The third-order valence-corrected chi connectivity index (χ3v) is 9.57. The van der Waals surface area contributed by atoms with Crippen molar-refractivity contribution in [2.75, 3.05) is 17.5 Å². The molecular formula is C36H40ClN3O5S. The van der Waals surface area contributed by atoms with Gasteiger partial charge in [0.05, 0.1) is 17.2 Å². The Morgan fingerprint density at radius 1 is 0.848 bits per heavy atom. The van der Waals surface area contributed by atoms with Crippen LogP contribution in [0.4, 0.5) is 5.69 Å². The highest BCUT2D eigenvalue weighted by molar-refractivity contribution is 7.92. The van der Waals surface area contributed by atoms with E-state index in [1.54, 1.807) is 67.6 Å². The number of hydrogen-bond acceptors (Lipinski definition) is 5. The van der Waals surface area contributed by atoms with Crippen molar-refractivity contribution >= 4 is 39.1 Å². The number of rotatable bonds is 15. The summed E-state index contributed by atoms with van der Waals surface area (Å²) >= 11 is 6.32. The second-order valence-corrected chi connectivity index (χ2v) is 13.2. The largest absolute Gasteiger partial charge is 0.492 e. The maximum atomic E-state index is 14.6. The lowest BCUT2D eigenvalue weighted by Gasteiger charge is -2.34. The Bertz CT molecular complexity index is 1700. The van der Waals surface area contributed by atoms with Crippen LogP contribution in [0, 0.1) is 0 Å². The van der Waals surface area contributed by atoms with Crippen molar-refractivity contribution in [2.24, 2.45) is 0 Å². The number of anilines is 1. The number of carbonyl (C=O) groups excluding carboxylic acids is 2. The maximum Gasteiger partial charge on any atom is 0.264 e. The van der Waals surface area contributed by atoms with Gasteiger partial charge in [0.25, 0.3) is 10.0 Å². The molecule has 0 bridgehead atoms. The molecule has 0 aliphatic heterocycles. The van der Waals surface area contributed by atoms with Gasteiger partial charge in [-0.1, -0.05) is 91.3 Å². The molecule has 0 aliphatic rings. The second kappa shape index (κ2) is 16.3. The molecule has 0 saturated carbocycles. The van der Waals surface area contributed by atoms with Crippen LogP contribution in [0.25, 0.3) is 0 Å². The van der Waals surface area contributed by atoms with Crippen molar-refractivity contribution in [1.29, 1.82) is 0 Å². The summed E-state index contributed by atoms with van der Waals surface area (Å²) in [5, 5.41) is 3.52. The topological polar surface area (TPSA) is 96.0 Å². The fourth-order valence-corrected chi connectivity index (χ4v) is 6.66. The van der Waals surface area contributed by atoms with Crippen LogP contribution in [-0.2, 0) is 32.6 Å². The summed E-state index contributed by atoms with van der Waals surface area (Å²) in [5.74, 6) is -0.583. The van der Waals surface area contributed by atoms with E-state index in [2.05, 4.69) is 5.32 Å². The monoisotopic (exact) mass is 661 g/mol. The summed E-state index contributed by atoms with van der Waals surface area (Å²) in [4.78, 5) is 30.0. The Balaban J connectivity index is 1.84. The van der Waals surface area contributed by atoms with E-state index in [4.69, 9.17) is 16.3 Å². The molecule has 8 nitrogen and oxygen atoms in total. The predicted molar refractivity (Wildman–Crippen MR) is 182 cm³/mol. The van der Waals surface area contributed by atoms with Gasteiger partial charge >= 0.3 is 0 Å². The Morgan fingerprint density at radius 2 is 1.48 bits per heavy atom. The van der Waals surface area contributed by atoms with Gasteiger partial charge in [0.15, 0.2) is 0 Å². The summed E-state index contributed by atoms with van der Waals surface area (Å²) < 4.78 is 35.3. The third kappa shape index (κ3) is 8.89. The molecule has 0 aliphatic carbocycles. The van der Waals surface area contributed by atoms with Gasteiger partial charge in [-0.15, -0.1) is 0 Å². The van der Waals surface area contributed by atoms with E-state index < -0.39 is 28.5 Å². The zero-order valence-corrected chi connectivity index (χ0v) is 27.9. The van der Waals surface area contributed by atoms with Crippen LogP contribution in [0.1, 0.15) is 38.3 Å². The van der Waals surface area contributed by atoms with Crippen molar-refractivity contribution in [3.63, 3.8) is 0 Å². The molecule has 0 radical (unpaired) electrons. The van der Waals surface area contributed by atoms with Gasteiger partial charge in [-0.25, -0.2) is 8.42 Å². The first-order valence-corrected chi connectivity index (χ1v) is 17.1. The van der Waals surface area contributed by atoms with E-state index in [0.717, 1.165) is 9.87 Å². The van der Waals surface area contributed by atoms with Crippen LogP contribution in [0.2, 0.25) is 5.02 Å². The molecule has 2 amide bonds. The molecule has 4 rings (SSSR count). The number of amides is 2. The Kier molecular flexibility index (Phi) is 12.2. The fraction of sp³-hybridized carbons (Fsp3) is 0.278. The molecule has 10 heteroatoms. The standard InChI is InChI=1S/C36H40ClN3O5S/c1-4-27(3)38-36(42)33(24-28-15-8-6-9-16-28)39(25-29-17-14-18-30(37)23-29)35(41)26-40(32-21-12-13-22-34(32)45-5-2)46(43,44)31-19-10-7-11-20-31/h6-23,27,33H,4-5,24-26H2,1-3H3,(H,38,42)/t27-,33-/m1/s1. The summed E-state index contributed by atoms with van der Waals surface area (Å²) in [6.07, 6.45) is 0.916. The van der Waals surface area contributed by atoms with Gasteiger partial charge in [0, 0.05) is 24.0 Å². The van der Waals surface area contributed by atoms with Crippen LogP contribution in [0.15, 0.2) is 114 Å². The van der Waals surface area contributed by atoms with E-state index in [1.807, 2.05) is 50.2 Å². The first-order valence-electron chi connectivity index (χ1n) is 15.3. The molecule has 242 valence electrons. The van der Waals surface area contributed by atoms with Crippen LogP contribution in [0.3, 0.4) is 0 Å². The summed E-state index contributed by atoms with van der Waals surface area (Å²) in [5.41, 5.74) is 1.77. The first kappa shape index (κ1) is 34.5. The molecule has 1 N–H and O–H groups in total. The lowest BCUT2D eigenvalue weighted by atomic mass is 10.0. The number of carbonyl (C=O) groups is 2. The molecule has 0 aromatic heterocycles. The summed E-state index contributed by atoms with van der Waals surface area (Å²) in [6, 6.07) is 30.0. The van der Waals surface area contributed by atoms with E-state index >= 15 is 0 Å². The highest BCUT2D eigenvalue weighted by Crippen LogP contribution is 2.33. The van der Waals surface area contributed by atoms with Gasteiger partial charge in [-0.05, 0) is 67.8 Å². The van der Waals surface area contributed by atoms with Crippen molar-refractivity contribution in [1.82, 2.24) is 10.2 Å². The Labute approximate surface area is 277 Å². The molecule has 2 atom stereocenters. The minimum absolute atomic E-state index is 0.0193. The lowest BCUT2D eigenvalue weighted by molar-refractivity contribution is -0.140. The Hall–Kier alpha value is -4.34. The highest BCUT2D eigenvalue weighted by Gasteiger charge is 2.35. The smallest absolute Gasteiger partial charge is 0.264 e. The number of para-hydroxylation sites is 2. The van der Waals surface area contributed by atoms with Gasteiger partial charge in [-0.2, -0.15) is 0 Å². The molecule has 46 heavy (non-hydrogen) atoms. The minimum atomic E-state index is -4.25. The minimum Gasteiger partial charge on any atom is -0.492 e. The van der Waals surface area contributed by atoms with Gasteiger partial charge in [-0.3, -0.25) is 13.9 Å². The lowest BCUT2D eigenvalue weighted by Crippen LogP contribution is -2.54. The van der Waals surface area contributed by atoms with Gasteiger partial charge in [0.2, 0.25) is 11.8 Å². The molecular weight excluding hydrogens is 622 g/mol. The molecule has 0 unspecified atom stereocenters. The molecule has 4 aromatic rings. The van der Waals surface area contributed by atoms with Crippen LogP contribution in [-0.4, -0.2) is 50.4 Å². The number of halogens is 1. The quantitative estimate of drug-likeness (QED) is 0.157. The van der Waals surface area contributed by atoms with Crippen LogP contribution < -0.4 is 14.4 Å². The van der Waals surface area contributed by atoms with E-state index in [1.165, 1.54) is 17.0 Å². The first-order chi connectivity index (χ1) is 22.1. The fourth-order valence-electron chi connectivity index (χ4n) is 5.00. The van der Waals surface area contributed by atoms with Crippen LogP contribution >= 0.6 is 11.6 Å². The highest BCUT2D eigenvalue weighted by atomic mass is 35.5. The number of nitrogens with one attached hydrogen (secondary N) is 1. The van der Waals surface area contributed by atoms with Crippen LogP contribution in [0.5, 0.6) is 5.75 Å². The zero-order valence-electron chi connectivity index (χ0n) is 26.3. The van der Waals surface area contributed by atoms with E-state index in [-0.39, 0.29) is 35.5 Å². The predicted octanol–water partition coefficient (Wildman–Crippen LogP) is 6.49. The molecule has 0 spiro atoms. The van der Waals surface area contributed by atoms with Crippen molar-refractivity contribution in [3.05, 3.63) is 125 Å². The Morgan fingerprint density at radius 3 is 2.13 bits per heavy atom. The average Bonchev–Trinajstić information content (AvgIpc) is 3.06. The maximum absolute atomic E-state index is 14.6.